The van der Waals surface area contributed by atoms with Gasteiger partial charge in [0.15, 0.2) is 0 Å². The average molecular weight is 262 g/mol. The van der Waals surface area contributed by atoms with E-state index in [-0.39, 0.29) is 5.92 Å². The highest BCUT2D eigenvalue weighted by molar-refractivity contribution is 6.33. The maximum absolute atomic E-state index is 11.3. The van der Waals surface area contributed by atoms with E-state index < -0.39 is 12.0 Å². The third-order valence-electron chi connectivity index (χ3n) is 2.46. The van der Waals surface area contributed by atoms with E-state index in [4.69, 9.17) is 28.9 Å². The third-order valence-corrected chi connectivity index (χ3v) is 3.04. The van der Waals surface area contributed by atoms with Crippen molar-refractivity contribution in [2.24, 2.45) is 5.73 Å². The van der Waals surface area contributed by atoms with E-state index in [9.17, 15) is 4.79 Å². The summed E-state index contributed by atoms with van der Waals surface area (Å²) in [4.78, 5) is 11.3. The van der Waals surface area contributed by atoms with Gasteiger partial charge in [0.05, 0.1) is 7.11 Å². The summed E-state index contributed by atoms with van der Waals surface area (Å²) in [6.45, 7) is 1.80. The Morgan fingerprint density at radius 3 is 2.62 bits per heavy atom. The standard InChI is InChI=1S/C11H13Cl2NO2/c1-6(10(14)11(15)16-2)8-5-7(12)3-4-9(8)13/h3-6,10H,14H2,1-2H3. The molecule has 2 unspecified atom stereocenters. The smallest absolute Gasteiger partial charge is 0.323 e. The molecule has 0 amide bonds. The molecule has 0 aliphatic carbocycles. The van der Waals surface area contributed by atoms with Crippen LogP contribution in [0.2, 0.25) is 10.0 Å². The summed E-state index contributed by atoms with van der Waals surface area (Å²) in [5.41, 5.74) is 6.49. The molecule has 0 bridgehead atoms. The highest BCUT2D eigenvalue weighted by Crippen LogP contribution is 2.29. The fourth-order valence-corrected chi connectivity index (χ4v) is 1.87. The van der Waals surface area contributed by atoms with Crippen molar-refractivity contribution in [3.8, 4) is 0 Å². The van der Waals surface area contributed by atoms with Gasteiger partial charge in [-0.1, -0.05) is 30.1 Å². The van der Waals surface area contributed by atoms with Crippen molar-refractivity contribution in [3.63, 3.8) is 0 Å². The molecular weight excluding hydrogens is 249 g/mol. The van der Waals surface area contributed by atoms with Crippen molar-refractivity contribution < 1.29 is 9.53 Å². The Balaban J connectivity index is 2.99. The van der Waals surface area contributed by atoms with Crippen LogP contribution < -0.4 is 5.73 Å². The van der Waals surface area contributed by atoms with E-state index in [1.165, 1.54) is 7.11 Å². The fourth-order valence-electron chi connectivity index (χ4n) is 1.40. The van der Waals surface area contributed by atoms with Gasteiger partial charge in [-0.05, 0) is 23.8 Å². The maximum Gasteiger partial charge on any atom is 0.323 e. The Hall–Kier alpha value is -0.770. The molecule has 5 heteroatoms. The number of esters is 1. The summed E-state index contributed by atoms with van der Waals surface area (Å²) >= 11 is 11.9. The van der Waals surface area contributed by atoms with Crippen LogP contribution in [0.1, 0.15) is 18.4 Å². The van der Waals surface area contributed by atoms with Crippen LogP contribution >= 0.6 is 23.2 Å². The van der Waals surface area contributed by atoms with Crippen molar-refractivity contribution in [1.82, 2.24) is 0 Å². The van der Waals surface area contributed by atoms with Gasteiger partial charge in [0.2, 0.25) is 0 Å². The Bertz CT molecular complexity index is 396. The van der Waals surface area contributed by atoms with Crippen LogP contribution in [-0.2, 0) is 9.53 Å². The van der Waals surface area contributed by atoms with Crippen molar-refractivity contribution in [2.75, 3.05) is 7.11 Å². The topological polar surface area (TPSA) is 52.3 Å². The molecule has 0 aliphatic rings. The van der Waals surface area contributed by atoms with Crippen LogP contribution in [0.15, 0.2) is 18.2 Å². The number of rotatable bonds is 3. The van der Waals surface area contributed by atoms with Crippen LogP contribution in [0.4, 0.5) is 0 Å². The first kappa shape index (κ1) is 13.3. The number of carbonyl (C=O) groups is 1. The van der Waals surface area contributed by atoms with Crippen LogP contribution in [0.3, 0.4) is 0 Å². The lowest BCUT2D eigenvalue weighted by molar-refractivity contribution is -0.142. The highest BCUT2D eigenvalue weighted by Gasteiger charge is 2.24. The molecule has 16 heavy (non-hydrogen) atoms. The number of methoxy groups -OCH3 is 1. The highest BCUT2D eigenvalue weighted by atomic mass is 35.5. The molecule has 0 radical (unpaired) electrons. The van der Waals surface area contributed by atoms with E-state index >= 15 is 0 Å². The van der Waals surface area contributed by atoms with Crippen LogP contribution in [-0.4, -0.2) is 19.1 Å². The Morgan fingerprint density at radius 1 is 1.44 bits per heavy atom. The SMILES string of the molecule is COC(=O)C(N)C(C)c1cc(Cl)ccc1Cl. The van der Waals surface area contributed by atoms with Gasteiger partial charge in [-0.25, -0.2) is 0 Å². The molecule has 0 saturated heterocycles. The number of nitrogens with two attached hydrogens (primary N) is 1. The van der Waals surface area contributed by atoms with Gasteiger partial charge in [-0.3, -0.25) is 4.79 Å². The summed E-state index contributed by atoms with van der Waals surface area (Å²) in [5, 5.41) is 1.10. The Kier molecular flexibility index (Phi) is 4.59. The third kappa shape index (κ3) is 2.88. The van der Waals surface area contributed by atoms with Crippen molar-refractivity contribution in [3.05, 3.63) is 33.8 Å². The van der Waals surface area contributed by atoms with E-state index in [1.54, 1.807) is 25.1 Å². The van der Waals surface area contributed by atoms with Gasteiger partial charge >= 0.3 is 5.97 Å². The summed E-state index contributed by atoms with van der Waals surface area (Å²) in [6, 6.07) is 4.32. The first-order valence-electron chi connectivity index (χ1n) is 4.75. The fraction of sp³-hybridized carbons (Fsp3) is 0.364. The minimum absolute atomic E-state index is 0.251. The second-order valence-corrected chi connectivity index (χ2v) is 4.35. The molecule has 1 rings (SSSR count). The molecule has 88 valence electrons. The summed E-state index contributed by atoms with van der Waals surface area (Å²) in [6.07, 6.45) is 0. The Morgan fingerprint density at radius 2 is 2.06 bits per heavy atom. The molecule has 0 saturated carbocycles. The number of hydrogen-bond acceptors (Lipinski definition) is 3. The summed E-state index contributed by atoms with van der Waals surface area (Å²) in [7, 11) is 1.30. The van der Waals surface area contributed by atoms with Gasteiger partial charge in [0.25, 0.3) is 0 Å². The second-order valence-electron chi connectivity index (χ2n) is 3.50. The molecular formula is C11H13Cl2NO2. The van der Waals surface area contributed by atoms with Crippen LogP contribution in [0, 0.1) is 0 Å². The molecule has 0 aliphatic heterocycles. The summed E-state index contributed by atoms with van der Waals surface area (Å²) in [5.74, 6) is -0.720. The number of carbonyl (C=O) groups excluding carboxylic acids is 1. The number of halogens is 2. The van der Waals surface area contributed by atoms with Crippen molar-refractivity contribution in [2.45, 2.75) is 18.9 Å². The monoisotopic (exact) mass is 261 g/mol. The molecule has 1 aromatic carbocycles. The van der Waals surface area contributed by atoms with Crippen LogP contribution in [0.5, 0.6) is 0 Å². The zero-order valence-corrected chi connectivity index (χ0v) is 10.5. The van der Waals surface area contributed by atoms with Gasteiger partial charge < -0.3 is 10.5 Å². The van der Waals surface area contributed by atoms with Gasteiger partial charge in [0, 0.05) is 16.0 Å². The predicted octanol–water partition coefficient (Wildman–Crippen LogP) is 2.60. The molecule has 0 aromatic heterocycles. The summed E-state index contributed by atoms with van der Waals surface area (Å²) < 4.78 is 4.58. The molecule has 1 aromatic rings. The van der Waals surface area contributed by atoms with Crippen LogP contribution in [0.25, 0.3) is 0 Å². The number of benzene rings is 1. The minimum Gasteiger partial charge on any atom is -0.468 e. The zero-order valence-electron chi connectivity index (χ0n) is 9.04. The van der Waals surface area contributed by atoms with Gasteiger partial charge in [-0.15, -0.1) is 0 Å². The second kappa shape index (κ2) is 5.53. The number of ether oxygens (including phenoxy) is 1. The molecule has 0 fully saturated rings. The van der Waals surface area contributed by atoms with Crippen molar-refractivity contribution in [1.29, 1.82) is 0 Å². The van der Waals surface area contributed by atoms with E-state index in [0.717, 1.165) is 5.56 Å². The Labute approximate surface area is 104 Å². The molecule has 0 spiro atoms. The normalized spacial score (nSPS) is 14.3. The quantitative estimate of drug-likeness (QED) is 0.852. The lowest BCUT2D eigenvalue weighted by Gasteiger charge is -2.19. The first-order valence-corrected chi connectivity index (χ1v) is 5.51. The molecule has 2 N–H and O–H groups in total. The number of hydrogen-bond donors (Lipinski definition) is 1. The molecule has 2 atom stereocenters. The maximum atomic E-state index is 11.3. The minimum atomic E-state index is -0.749. The molecule has 0 heterocycles. The van der Waals surface area contributed by atoms with E-state index in [2.05, 4.69) is 4.74 Å². The van der Waals surface area contributed by atoms with Crippen molar-refractivity contribution >= 4 is 29.2 Å². The van der Waals surface area contributed by atoms with Gasteiger partial charge in [-0.2, -0.15) is 0 Å². The lowest BCUT2D eigenvalue weighted by atomic mass is 9.94. The predicted molar refractivity (Wildman–Crippen MR) is 64.9 cm³/mol. The van der Waals surface area contributed by atoms with E-state index in [1.807, 2.05) is 0 Å². The zero-order chi connectivity index (χ0) is 12.3. The first-order chi connectivity index (χ1) is 7.47. The average Bonchev–Trinajstić information content (AvgIpc) is 2.29. The molecule has 3 nitrogen and oxygen atoms in total. The van der Waals surface area contributed by atoms with Gasteiger partial charge in [0.1, 0.15) is 6.04 Å². The largest absolute Gasteiger partial charge is 0.468 e. The van der Waals surface area contributed by atoms with E-state index in [0.29, 0.717) is 10.0 Å². The lowest BCUT2D eigenvalue weighted by Crippen LogP contribution is -2.36.